The predicted molar refractivity (Wildman–Crippen MR) is 128 cm³/mol. The first-order valence-electron chi connectivity index (χ1n) is 11.2. The first kappa shape index (κ1) is 22.9. The van der Waals surface area contributed by atoms with Crippen molar-refractivity contribution in [1.29, 1.82) is 5.26 Å². The number of nitrogens with zero attached hydrogens (tertiary/aromatic N) is 8. The maximum Gasteiger partial charge on any atom is 0.234 e. The van der Waals surface area contributed by atoms with E-state index in [1.165, 1.54) is 5.56 Å². The molecule has 0 fully saturated rings. The van der Waals surface area contributed by atoms with Crippen LogP contribution < -0.4 is 0 Å². The van der Waals surface area contributed by atoms with Gasteiger partial charge in [0.05, 0.1) is 0 Å². The molecule has 0 bridgehead atoms. The van der Waals surface area contributed by atoms with Crippen LogP contribution in [0.4, 0.5) is 0 Å². The third-order valence-electron chi connectivity index (χ3n) is 6.42. The Morgan fingerprint density at radius 2 is 1.91 bits per heavy atom. The van der Waals surface area contributed by atoms with E-state index in [1.807, 2.05) is 36.4 Å². The smallest absolute Gasteiger partial charge is 0.234 e. The van der Waals surface area contributed by atoms with Gasteiger partial charge in [0.2, 0.25) is 11.6 Å². The summed E-state index contributed by atoms with van der Waals surface area (Å²) in [7, 11) is 0. The van der Waals surface area contributed by atoms with Crippen molar-refractivity contribution in [3.05, 3.63) is 53.6 Å². The molecule has 0 radical (unpaired) electrons. The van der Waals surface area contributed by atoms with Gasteiger partial charge in [0.25, 0.3) is 0 Å². The first-order chi connectivity index (χ1) is 16.0. The molecule has 0 aliphatic rings. The van der Waals surface area contributed by atoms with Gasteiger partial charge in [-0.05, 0) is 41.5 Å². The Labute approximate surface area is 198 Å². The normalized spacial score (nSPS) is 11.7. The fraction of sp³-hybridized carbons (Fsp3) is 0.417. The standard InChI is InChI=1S/C24H27ClN8/c1-4-24(3,5-2)16-32-20(12-19-14-27-21(13-26)28-23(19)32)15-33-30-22(29-31-33)18-8-6-17(7-9-18)10-11-25/h6-9,12,14H,4-5,10-11,15-16H2,1-3H3. The number of tetrazole rings is 1. The summed E-state index contributed by atoms with van der Waals surface area (Å²) in [4.78, 5) is 10.2. The summed E-state index contributed by atoms with van der Waals surface area (Å²) in [5.41, 5.74) is 3.96. The third-order valence-corrected chi connectivity index (χ3v) is 6.61. The van der Waals surface area contributed by atoms with Crippen molar-refractivity contribution in [1.82, 2.24) is 34.7 Å². The Hall–Kier alpha value is -3.31. The largest absolute Gasteiger partial charge is 0.327 e. The van der Waals surface area contributed by atoms with Crippen molar-refractivity contribution < 1.29 is 0 Å². The number of rotatable bonds is 9. The average Bonchev–Trinajstić information content (AvgIpc) is 3.44. The lowest BCUT2D eigenvalue weighted by atomic mass is 9.84. The zero-order valence-electron chi connectivity index (χ0n) is 19.2. The molecule has 0 amide bonds. The number of alkyl halides is 1. The summed E-state index contributed by atoms with van der Waals surface area (Å²) in [5, 5.41) is 23.3. The van der Waals surface area contributed by atoms with Gasteiger partial charge in [-0.3, -0.25) is 0 Å². The Balaban J connectivity index is 1.67. The molecule has 170 valence electrons. The molecule has 3 aromatic heterocycles. The minimum Gasteiger partial charge on any atom is -0.327 e. The van der Waals surface area contributed by atoms with Gasteiger partial charge in [-0.25, -0.2) is 9.97 Å². The number of nitriles is 1. The van der Waals surface area contributed by atoms with Gasteiger partial charge in [-0.2, -0.15) is 10.1 Å². The van der Waals surface area contributed by atoms with Crippen LogP contribution in [0.3, 0.4) is 0 Å². The lowest BCUT2D eigenvalue weighted by Gasteiger charge is -2.28. The number of hydrogen-bond donors (Lipinski definition) is 0. The SMILES string of the molecule is CCC(C)(CC)Cn1c(Cn2nnc(-c3ccc(CCCl)cc3)n2)cc2cnc(C#N)nc21. The highest BCUT2D eigenvalue weighted by Gasteiger charge is 2.24. The predicted octanol–water partition coefficient (Wildman–Crippen LogP) is 4.61. The number of fused-ring (bicyclic) bond motifs is 1. The van der Waals surface area contributed by atoms with E-state index in [9.17, 15) is 5.26 Å². The molecule has 0 atom stereocenters. The molecule has 0 spiro atoms. The van der Waals surface area contributed by atoms with E-state index in [-0.39, 0.29) is 11.2 Å². The van der Waals surface area contributed by atoms with Crippen LogP contribution in [-0.4, -0.2) is 40.6 Å². The van der Waals surface area contributed by atoms with Crippen LogP contribution in [0.15, 0.2) is 36.5 Å². The van der Waals surface area contributed by atoms with E-state index >= 15 is 0 Å². The molecule has 4 rings (SSSR count). The number of hydrogen-bond acceptors (Lipinski definition) is 6. The Morgan fingerprint density at radius 1 is 1.15 bits per heavy atom. The quantitative estimate of drug-likeness (QED) is 0.337. The summed E-state index contributed by atoms with van der Waals surface area (Å²) >= 11 is 5.83. The van der Waals surface area contributed by atoms with E-state index in [4.69, 9.17) is 11.6 Å². The topological polar surface area (TPSA) is 98.1 Å². The van der Waals surface area contributed by atoms with Crippen LogP contribution in [-0.2, 0) is 19.5 Å². The maximum atomic E-state index is 9.29. The number of aryl methyl sites for hydroxylation is 1. The third kappa shape index (κ3) is 4.88. The van der Waals surface area contributed by atoms with Gasteiger partial charge in [0, 0.05) is 35.3 Å². The summed E-state index contributed by atoms with van der Waals surface area (Å²) < 4.78 is 2.18. The van der Waals surface area contributed by atoms with Gasteiger partial charge in [-0.15, -0.1) is 21.8 Å². The second kappa shape index (κ2) is 9.67. The monoisotopic (exact) mass is 462 g/mol. The molecule has 0 saturated carbocycles. The minimum atomic E-state index is 0.101. The van der Waals surface area contributed by atoms with E-state index in [0.717, 1.165) is 48.1 Å². The highest BCUT2D eigenvalue weighted by Crippen LogP contribution is 2.31. The van der Waals surface area contributed by atoms with Gasteiger partial charge in [0.1, 0.15) is 18.3 Å². The van der Waals surface area contributed by atoms with E-state index in [0.29, 0.717) is 18.2 Å². The van der Waals surface area contributed by atoms with E-state index < -0.39 is 0 Å². The minimum absolute atomic E-state index is 0.101. The highest BCUT2D eigenvalue weighted by atomic mass is 35.5. The van der Waals surface area contributed by atoms with Crippen molar-refractivity contribution in [2.45, 2.75) is 53.1 Å². The van der Waals surface area contributed by atoms with Crippen molar-refractivity contribution in [2.24, 2.45) is 5.41 Å². The molecule has 0 aliphatic heterocycles. The van der Waals surface area contributed by atoms with Crippen LogP contribution in [0.25, 0.3) is 22.4 Å². The summed E-state index contributed by atoms with van der Waals surface area (Å²) in [6, 6.07) is 12.2. The van der Waals surface area contributed by atoms with Crippen LogP contribution in [0.2, 0.25) is 0 Å². The lowest BCUT2D eigenvalue weighted by Crippen LogP contribution is -2.24. The molecule has 0 saturated heterocycles. The molecule has 0 unspecified atom stereocenters. The van der Waals surface area contributed by atoms with Gasteiger partial charge in [-0.1, -0.05) is 45.0 Å². The molecular formula is C24H27ClN8. The molecule has 0 aliphatic carbocycles. The summed E-state index contributed by atoms with van der Waals surface area (Å²) in [6.45, 7) is 7.90. The second-order valence-electron chi connectivity index (χ2n) is 8.60. The Morgan fingerprint density at radius 3 is 2.58 bits per heavy atom. The first-order valence-corrected chi connectivity index (χ1v) is 11.7. The molecular weight excluding hydrogens is 436 g/mol. The summed E-state index contributed by atoms with van der Waals surface area (Å²) in [5.74, 6) is 1.34. The molecule has 8 nitrogen and oxygen atoms in total. The fourth-order valence-electron chi connectivity index (χ4n) is 3.81. The van der Waals surface area contributed by atoms with E-state index in [1.54, 1.807) is 11.0 Å². The van der Waals surface area contributed by atoms with Gasteiger partial charge in [0.15, 0.2) is 0 Å². The fourth-order valence-corrected chi connectivity index (χ4v) is 4.03. The number of aromatic nitrogens is 7. The van der Waals surface area contributed by atoms with Crippen molar-refractivity contribution in [3.63, 3.8) is 0 Å². The van der Waals surface area contributed by atoms with Crippen molar-refractivity contribution in [3.8, 4) is 17.5 Å². The zero-order chi connectivity index (χ0) is 23.4. The molecule has 4 aromatic rings. The van der Waals surface area contributed by atoms with Gasteiger partial charge >= 0.3 is 0 Å². The average molecular weight is 463 g/mol. The zero-order valence-corrected chi connectivity index (χ0v) is 19.9. The van der Waals surface area contributed by atoms with Crippen LogP contribution in [0, 0.1) is 16.7 Å². The lowest BCUT2D eigenvalue weighted by molar-refractivity contribution is 0.249. The number of benzene rings is 1. The van der Waals surface area contributed by atoms with Crippen LogP contribution >= 0.6 is 11.6 Å². The van der Waals surface area contributed by atoms with Crippen LogP contribution in [0.5, 0.6) is 0 Å². The molecule has 3 heterocycles. The Bertz CT molecular complexity index is 1280. The number of halogens is 1. The Kier molecular flexibility index (Phi) is 6.70. The molecule has 1 aromatic carbocycles. The highest BCUT2D eigenvalue weighted by molar-refractivity contribution is 6.17. The molecule has 33 heavy (non-hydrogen) atoms. The van der Waals surface area contributed by atoms with E-state index in [2.05, 4.69) is 50.7 Å². The maximum absolute atomic E-state index is 9.29. The molecule has 9 heteroatoms. The van der Waals surface area contributed by atoms with Crippen molar-refractivity contribution >= 4 is 22.6 Å². The summed E-state index contributed by atoms with van der Waals surface area (Å²) in [6.07, 6.45) is 4.60. The van der Waals surface area contributed by atoms with Crippen molar-refractivity contribution in [2.75, 3.05) is 5.88 Å². The second-order valence-corrected chi connectivity index (χ2v) is 8.98. The van der Waals surface area contributed by atoms with Crippen LogP contribution in [0.1, 0.15) is 50.7 Å². The van der Waals surface area contributed by atoms with Gasteiger partial charge < -0.3 is 4.57 Å². The molecule has 0 N–H and O–H groups in total.